The van der Waals surface area contributed by atoms with Gasteiger partial charge in [0.15, 0.2) is 6.10 Å². The molecule has 0 radical (unpaired) electrons. The highest BCUT2D eigenvalue weighted by Gasteiger charge is 2.18. The molecule has 0 bridgehead atoms. The van der Waals surface area contributed by atoms with E-state index in [-0.39, 0.29) is 5.91 Å². The van der Waals surface area contributed by atoms with Gasteiger partial charge >= 0.3 is 0 Å². The molecule has 1 amide bonds. The zero-order chi connectivity index (χ0) is 20.4. The van der Waals surface area contributed by atoms with E-state index >= 15 is 0 Å². The molecule has 0 heterocycles. The van der Waals surface area contributed by atoms with Gasteiger partial charge in [0.05, 0.1) is 6.61 Å². The van der Waals surface area contributed by atoms with Crippen molar-refractivity contribution in [2.24, 2.45) is 0 Å². The maximum atomic E-state index is 12.5. The Kier molecular flexibility index (Phi) is 8.86. The molecular weight excluding hydrogens is 350 g/mol. The lowest BCUT2D eigenvalue weighted by molar-refractivity contribution is -0.128. The highest BCUT2D eigenvalue weighted by molar-refractivity contribution is 5.81. The summed E-state index contributed by atoms with van der Waals surface area (Å²) in [6.45, 7) is 9.52. The monoisotopic (exact) mass is 383 g/mol. The van der Waals surface area contributed by atoms with E-state index in [2.05, 4.69) is 25.2 Å². The summed E-state index contributed by atoms with van der Waals surface area (Å²) in [4.78, 5) is 12.5. The van der Waals surface area contributed by atoms with Gasteiger partial charge in [-0.1, -0.05) is 38.1 Å². The molecule has 152 valence electrons. The Morgan fingerprint density at radius 3 is 2.57 bits per heavy atom. The topological polar surface area (TPSA) is 47.6 Å². The van der Waals surface area contributed by atoms with E-state index in [9.17, 15) is 4.79 Å². The zero-order valence-corrected chi connectivity index (χ0v) is 17.6. The maximum Gasteiger partial charge on any atom is 0.261 e. The van der Waals surface area contributed by atoms with Crippen molar-refractivity contribution in [1.82, 2.24) is 5.32 Å². The number of para-hydroxylation sites is 1. The van der Waals surface area contributed by atoms with Gasteiger partial charge in [0.1, 0.15) is 11.5 Å². The highest BCUT2D eigenvalue weighted by Crippen LogP contribution is 2.20. The molecule has 0 aromatic heterocycles. The third-order valence-corrected chi connectivity index (χ3v) is 4.78. The van der Waals surface area contributed by atoms with Gasteiger partial charge in [0.25, 0.3) is 5.91 Å². The van der Waals surface area contributed by atoms with E-state index in [1.165, 1.54) is 11.1 Å². The van der Waals surface area contributed by atoms with Crippen molar-refractivity contribution in [2.45, 2.75) is 59.5 Å². The molecule has 0 saturated carbocycles. The van der Waals surface area contributed by atoms with Crippen molar-refractivity contribution in [3.05, 3.63) is 59.2 Å². The second-order valence-electron chi connectivity index (χ2n) is 7.11. The molecule has 28 heavy (non-hydrogen) atoms. The Morgan fingerprint density at radius 2 is 1.86 bits per heavy atom. The molecule has 4 heteroatoms. The van der Waals surface area contributed by atoms with E-state index in [0.717, 1.165) is 42.9 Å². The van der Waals surface area contributed by atoms with Crippen LogP contribution in [0.1, 0.15) is 49.8 Å². The van der Waals surface area contributed by atoms with E-state index in [1.807, 2.05) is 50.2 Å². The van der Waals surface area contributed by atoms with Crippen LogP contribution in [0, 0.1) is 13.8 Å². The van der Waals surface area contributed by atoms with Crippen molar-refractivity contribution in [2.75, 3.05) is 13.2 Å². The van der Waals surface area contributed by atoms with Crippen LogP contribution in [0.5, 0.6) is 11.5 Å². The number of ether oxygens (including phenoxy) is 2. The smallest absolute Gasteiger partial charge is 0.261 e. The van der Waals surface area contributed by atoms with Crippen molar-refractivity contribution in [1.29, 1.82) is 0 Å². The quantitative estimate of drug-likeness (QED) is 0.556. The van der Waals surface area contributed by atoms with Crippen LogP contribution in [0.4, 0.5) is 0 Å². The summed E-state index contributed by atoms with van der Waals surface area (Å²) in [5.74, 6) is 1.63. The van der Waals surface area contributed by atoms with Crippen molar-refractivity contribution in [3.63, 3.8) is 0 Å². The molecule has 2 aromatic carbocycles. The molecule has 0 aliphatic heterocycles. The van der Waals surface area contributed by atoms with Crippen LogP contribution < -0.4 is 14.8 Å². The molecule has 0 fully saturated rings. The summed E-state index contributed by atoms with van der Waals surface area (Å²) in [5, 5.41) is 3.01. The van der Waals surface area contributed by atoms with Crippen LogP contribution in [0.15, 0.2) is 42.5 Å². The summed E-state index contributed by atoms with van der Waals surface area (Å²) >= 11 is 0. The number of rotatable bonds is 11. The second kappa shape index (κ2) is 11.4. The van der Waals surface area contributed by atoms with Crippen LogP contribution in [0.25, 0.3) is 0 Å². The molecule has 0 spiro atoms. The summed E-state index contributed by atoms with van der Waals surface area (Å²) in [7, 11) is 0. The van der Waals surface area contributed by atoms with Gasteiger partial charge < -0.3 is 14.8 Å². The van der Waals surface area contributed by atoms with E-state index in [1.54, 1.807) is 0 Å². The highest BCUT2D eigenvalue weighted by atomic mass is 16.5. The lowest BCUT2D eigenvalue weighted by Gasteiger charge is -2.18. The minimum absolute atomic E-state index is 0.0590. The number of carbonyl (C=O) groups excluding carboxylic acids is 1. The van der Waals surface area contributed by atoms with Crippen LogP contribution in [0.2, 0.25) is 0 Å². The average Bonchev–Trinajstić information content (AvgIpc) is 2.71. The van der Waals surface area contributed by atoms with Crippen molar-refractivity contribution in [3.8, 4) is 11.5 Å². The standard InChI is InChI=1S/C24H33NO3/c1-5-16-27-23-12-8-7-10-20(23)11-9-15-25-24(26)22(6-2)28-21-14-13-18(3)19(4)17-21/h7-8,10,12-14,17,22H,5-6,9,11,15-16H2,1-4H3,(H,25,26)/t22-/m0/s1. The molecule has 1 N–H and O–H groups in total. The first kappa shape index (κ1) is 21.8. The molecule has 0 aliphatic carbocycles. The first-order valence-electron chi connectivity index (χ1n) is 10.3. The molecule has 0 unspecified atom stereocenters. The first-order valence-corrected chi connectivity index (χ1v) is 10.3. The third-order valence-electron chi connectivity index (χ3n) is 4.78. The van der Waals surface area contributed by atoms with Gasteiger partial charge in [-0.3, -0.25) is 4.79 Å². The Labute approximate surface area is 169 Å². The minimum atomic E-state index is -0.470. The molecule has 0 saturated heterocycles. The first-order chi connectivity index (χ1) is 13.5. The zero-order valence-electron chi connectivity index (χ0n) is 17.6. The predicted octanol–water partition coefficient (Wildman–Crippen LogP) is 5.00. The van der Waals surface area contributed by atoms with Gasteiger partial charge in [0.2, 0.25) is 0 Å². The SMILES string of the molecule is CCCOc1ccccc1CCCNC(=O)[C@H](CC)Oc1ccc(C)c(C)c1. The molecular formula is C24H33NO3. The largest absolute Gasteiger partial charge is 0.493 e. The fourth-order valence-electron chi connectivity index (χ4n) is 2.94. The number of amides is 1. The fourth-order valence-corrected chi connectivity index (χ4v) is 2.94. The normalized spacial score (nSPS) is 11.7. The average molecular weight is 384 g/mol. The van der Waals surface area contributed by atoms with Crippen molar-refractivity contribution < 1.29 is 14.3 Å². The molecule has 2 rings (SSSR count). The second-order valence-corrected chi connectivity index (χ2v) is 7.11. The molecule has 4 nitrogen and oxygen atoms in total. The minimum Gasteiger partial charge on any atom is -0.493 e. The van der Waals surface area contributed by atoms with Crippen LogP contribution >= 0.6 is 0 Å². The van der Waals surface area contributed by atoms with Gasteiger partial charge in [-0.05, 0) is 74.4 Å². The Bertz CT molecular complexity index is 757. The van der Waals surface area contributed by atoms with Crippen LogP contribution in [-0.2, 0) is 11.2 Å². The number of hydrogen-bond acceptors (Lipinski definition) is 3. The van der Waals surface area contributed by atoms with Gasteiger partial charge in [-0.15, -0.1) is 0 Å². The summed E-state index contributed by atoms with van der Waals surface area (Å²) in [6, 6.07) is 14.0. The molecule has 2 aromatic rings. The fraction of sp³-hybridized carbons (Fsp3) is 0.458. The molecule has 1 atom stereocenters. The number of hydrogen-bond donors (Lipinski definition) is 1. The number of benzene rings is 2. The lowest BCUT2D eigenvalue weighted by atomic mass is 10.1. The van der Waals surface area contributed by atoms with Crippen LogP contribution in [-0.4, -0.2) is 25.2 Å². The van der Waals surface area contributed by atoms with E-state index < -0.39 is 6.10 Å². The Morgan fingerprint density at radius 1 is 1.07 bits per heavy atom. The lowest BCUT2D eigenvalue weighted by Crippen LogP contribution is -2.38. The summed E-state index contributed by atoms with van der Waals surface area (Å²) in [5.41, 5.74) is 3.56. The predicted molar refractivity (Wildman–Crippen MR) is 114 cm³/mol. The molecule has 0 aliphatic rings. The number of nitrogens with one attached hydrogen (secondary N) is 1. The van der Waals surface area contributed by atoms with Gasteiger partial charge in [-0.2, -0.15) is 0 Å². The van der Waals surface area contributed by atoms with E-state index in [4.69, 9.17) is 9.47 Å². The maximum absolute atomic E-state index is 12.5. The third kappa shape index (κ3) is 6.59. The number of aryl methyl sites for hydroxylation is 3. The summed E-state index contributed by atoms with van der Waals surface area (Å²) in [6.07, 6.45) is 2.88. The van der Waals surface area contributed by atoms with Gasteiger partial charge in [-0.25, -0.2) is 0 Å². The van der Waals surface area contributed by atoms with Crippen LogP contribution in [0.3, 0.4) is 0 Å². The van der Waals surface area contributed by atoms with E-state index in [0.29, 0.717) is 13.0 Å². The van der Waals surface area contributed by atoms with Crippen molar-refractivity contribution >= 4 is 5.91 Å². The Hall–Kier alpha value is -2.49. The Balaban J connectivity index is 1.81. The van der Waals surface area contributed by atoms with Gasteiger partial charge in [0, 0.05) is 6.54 Å². The number of carbonyl (C=O) groups is 1. The summed E-state index contributed by atoms with van der Waals surface area (Å²) < 4.78 is 11.7.